The first kappa shape index (κ1) is 16.8. The van der Waals surface area contributed by atoms with Crippen molar-refractivity contribution >= 4 is 5.91 Å². The van der Waals surface area contributed by atoms with Crippen LogP contribution in [0, 0.1) is 17.8 Å². The minimum atomic E-state index is -0.751. The highest BCUT2D eigenvalue weighted by molar-refractivity contribution is 5.84. The van der Waals surface area contributed by atoms with Crippen LogP contribution in [0.5, 0.6) is 0 Å². The molecule has 3 saturated heterocycles. The van der Waals surface area contributed by atoms with E-state index in [1.165, 1.54) is 25.8 Å². The van der Waals surface area contributed by atoms with Gasteiger partial charge in [-0.25, -0.2) is 0 Å². The van der Waals surface area contributed by atoms with Crippen molar-refractivity contribution in [3.8, 4) is 0 Å². The minimum Gasteiger partial charge on any atom is -0.370 e. The van der Waals surface area contributed by atoms with Gasteiger partial charge in [-0.05, 0) is 52.4 Å². The first-order valence-electron chi connectivity index (χ1n) is 9.76. The fourth-order valence-corrected chi connectivity index (χ4v) is 5.21. The quantitative estimate of drug-likeness (QED) is 0.770. The molecule has 24 heavy (non-hydrogen) atoms. The van der Waals surface area contributed by atoms with Crippen LogP contribution in [0.15, 0.2) is 0 Å². The third-order valence-electron chi connectivity index (χ3n) is 6.62. The van der Waals surface area contributed by atoms with Gasteiger partial charge >= 0.3 is 0 Å². The molecule has 4 rings (SSSR count). The SMILES string of the molecule is CCOC(C)(C)C(=O)NC[C@H]1[C@H]2CN(CC3CC3)C[C@]23CC[C@H]1O3. The molecule has 1 spiro atoms. The van der Waals surface area contributed by atoms with E-state index < -0.39 is 5.60 Å². The van der Waals surface area contributed by atoms with Gasteiger partial charge in [0.15, 0.2) is 0 Å². The maximum Gasteiger partial charge on any atom is 0.251 e. The van der Waals surface area contributed by atoms with E-state index in [0.29, 0.717) is 24.5 Å². The molecule has 0 unspecified atom stereocenters. The highest BCUT2D eigenvalue weighted by Crippen LogP contribution is 2.55. The fourth-order valence-electron chi connectivity index (χ4n) is 5.21. The molecule has 0 aromatic heterocycles. The largest absolute Gasteiger partial charge is 0.370 e. The first-order valence-corrected chi connectivity index (χ1v) is 9.76. The molecule has 3 aliphatic heterocycles. The van der Waals surface area contributed by atoms with Crippen LogP contribution >= 0.6 is 0 Å². The van der Waals surface area contributed by atoms with Crippen molar-refractivity contribution in [2.45, 2.75) is 63.8 Å². The maximum absolute atomic E-state index is 12.4. The van der Waals surface area contributed by atoms with Gasteiger partial charge in [-0.3, -0.25) is 9.69 Å². The number of fused-ring (bicyclic) bond motifs is 1. The third-order valence-corrected chi connectivity index (χ3v) is 6.62. The number of rotatable bonds is 7. The van der Waals surface area contributed by atoms with Gasteiger partial charge in [0.25, 0.3) is 5.91 Å². The van der Waals surface area contributed by atoms with Crippen molar-refractivity contribution < 1.29 is 14.3 Å². The van der Waals surface area contributed by atoms with Crippen LogP contribution in [0.4, 0.5) is 0 Å². The number of hydrogen-bond donors (Lipinski definition) is 1. The Hall–Kier alpha value is -0.650. The second kappa shape index (κ2) is 5.96. The van der Waals surface area contributed by atoms with Crippen molar-refractivity contribution in [2.75, 3.05) is 32.8 Å². The molecule has 4 aliphatic rings. The van der Waals surface area contributed by atoms with Gasteiger partial charge in [-0.15, -0.1) is 0 Å². The van der Waals surface area contributed by atoms with E-state index in [9.17, 15) is 4.79 Å². The standard InChI is InChI=1S/C19H32N2O3/c1-4-23-18(2,3)17(22)20-9-14-15-11-21(10-13-5-6-13)12-19(15)8-7-16(14)24-19/h13-16H,4-12H2,1-3H3,(H,20,22)/t14-,15+,16+,19+/m0/s1. The molecule has 1 aliphatic carbocycles. The van der Waals surface area contributed by atoms with Gasteiger partial charge < -0.3 is 14.8 Å². The zero-order chi connectivity index (χ0) is 16.9. The molecule has 0 aromatic rings. The number of ether oxygens (including phenoxy) is 2. The highest BCUT2D eigenvalue weighted by atomic mass is 16.5. The molecule has 5 nitrogen and oxygen atoms in total. The normalized spacial score (nSPS) is 38.5. The third kappa shape index (κ3) is 2.89. The van der Waals surface area contributed by atoms with Crippen molar-refractivity contribution in [1.82, 2.24) is 10.2 Å². The molecule has 1 N–H and O–H groups in total. The summed E-state index contributed by atoms with van der Waals surface area (Å²) in [6.07, 6.45) is 5.52. The van der Waals surface area contributed by atoms with Gasteiger partial charge in [0.2, 0.25) is 0 Å². The van der Waals surface area contributed by atoms with E-state index in [-0.39, 0.29) is 11.5 Å². The summed E-state index contributed by atoms with van der Waals surface area (Å²) in [5.41, 5.74) is -0.664. The molecule has 4 fully saturated rings. The van der Waals surface area contributed by atoms with Crippen molar-refractivity contribution in [3.63, 3.8) is 0 Å². The van der Waals surface area contributed by atoms with E-state index in [2.05, 4.69) is 10.2 Å². The smallest absolute Gasteiger partial charge is 0.251 e. The molecule has 1 saturated carbocycles. The predicted molar refractivity (Wildman–Crippen MR) is 91.7 cm³/mol. The second-order valence-corrected chi connectivity index (χ2v) is 8.82. The Labute approximate surface area is 145 Å². The fraction of sp³-hybridized carbons (Fsp3) is 0.947. The zero-order valence-corrected chi connectivity index (χ0v) is 15.3. The highest BCUT2D eigenvalue weighted by Gasteiger charge is 2.62. The minimum absolute atomic E-state index is 0.00555. The van der Waals surface area contributed by atoms with Gasteiger partial charge in [0, 0.05) is 44.6 Å². The van der Waals surface area contributed by atoms with Gasteiger partial charge in [0.1, 0.15) is 5.60 Å². The molecule has 2 bridgehead atoms. The Balaban J connectivity index is 1.36. The topological polar surface area (TPSA) is 50.8 Å². The summed E-state index contributed by atoms with van der Waals surface area (Å²) >= 11 is 0. The van der Waals surface area contributed by atoms with Crippen LogP contribution in [0.3, 0.4) is 0 Å². The predicted octanol–water partition coefficient (Wildman–Crippen LogP) is 1.81. The summed E-state index contributed by atoms with van der Waals surface area (Å²) in [7, 11) is 0. The van der Waals surface area contributed by atoms with Crippen LogP contribution in [-0.4, -0.2) is 60.9 Å². The van der Waals surface area contributed by atoms with Gasteiger partial charge in [-0.2, -0.15) is 0 Å². The van der Waals surface area contributed by atoms with Gasteiger partial charge in [-0.1, -0.05) is 0 Å². The number of likely N-dealkylation sites (tertiary alicyclic amines) is 1. The van der Waals surface area contributed by atoms with Crippen molar-refractivity contribution in [1.29, 1.82) is 0 Å². The molecule has 3 heterocycles. The number of nitrogens with one attached hydrogen (secondary N) is 1. The van der Waals surface area contributed by atoms with E-state index in [0.717, 1.165) is 32.0 Å². The van der Waals surface area contributed by atoms with E-state index >= 15 is 0 Å². The van der Waals surface area contributed by atoms with Crippen LogP contribution < -0.4 is 5.32 Å². The summed E-state index contributed by atoms with van der Waals surface area (Å²) in [6.45, 7) is 10.4. The van der Waals surface area contributed by atoms with E-state index in [1.54, 1.807) is 0 Å². The summed E-state index contributed by atoms with van der Waals surface area (Å²) in [4.78, 5) is 15.1. The average Bonchev–Trinajstić information content (AvgIpc) is 3.02. The molecule has 0 radical (unpaired) electrons. The Morgan fingerprint density at radius 2 is 2.17 bits per heavy atom. The molecular formula is C19H32N2O3. The zero-order valence-electron chi connectivity index (χ0n) is 15.3. The van der Waals surface area contributed by atoms with E-state index in [4.69, 9.17) is 9.47 Å². The first-order chi connectivity index (χ1) is 11.4. The Morgan fingerprint density at radius 1 is 1.38 bits per heavy atom. The van der Waals surface area contributed by atoms with Crippen LogP contribution in [0.1, 0.15) is 46.5 Å². The molecule has 5 heteroatoms. The lowest BCUT2D eigenvalue weighted by atomic mass is 9.73. The number of carbonyl (C=O) groups excluding carboxylic acids is 1. The summed E-state index contributed by atoms with van der Waals surface area (Å²) < 4.78 is 12.0. The lowest BCUT2D eigenvalue weighted by Gasteiger charge is -2.31. The number of nitrogens with zero attached hydrogens (tertiary/aromatic N) is 1. The van der Waals surface area contributed by atoms with E-state index in [1.807, 2.05) is 20.8 Å². The monoisotopic (exact) mass is 336 g/mol. The number of amides is 1. The van der Waals surface area contributed by atoms with Crippen molar-refractivity contribution in [3.05, 3.63) is 0 Å². The molecule has 0 aromatic carbocycles. The molecule has 1 amide bonds. The van der Waals surface area contributed by atoms with Crippen LogP contribution in [-0.2, 0) is 14.3 Å². The van der Waals surface area contributed by atoms with Crippen LogP contribution in [0.2, 0.25) is 0 Å². The molecular weight excluding hydrogens is 304 g/mol. The number of carbonyl (C=O) groups is 1. The lowest BCUT2D eigenvalue weighted by molar-refractivity contribution is -0.142. The Morgan fingerprint density at radius 3 is 2.88 bits per heavy atom. The second-order valence-electron chi connectivity index (χ2n) is 8.82. The maximum atomic E-state index is 12.4. The Bertz CT molecular complexity index is 505. The summed E-state index contributed by atoms with van der Waals surface area (Å²) in [5, 5.41) is 3.15. The Kier molecular flexibility index (Phi) is 4.17. The summed E-state index contributed by atoms with van der Waals surface area (Å²) in [6, 6.07) is 0. The lowest BCUT2D eigenvalue weighted by Crippen LogP contribution is -2.48. The molecule has 136 valence electrons. The van der Waals surface area contributed by atoms with Crippen molar-refractivity contribution in [2.24, 2.45) is 17.8 Å². The van der Waals surface area contributed by atoms with Crippen LogP contribution in [0.25, 0.3) is 0 Å². The van der Waals surface area contributed by atoms with Gasteiger partial charge in [0.05, 0.1) is 11.7 Å². The summed E-state index contributed by atoms with van der Waals surface area (Å²) in [5.74, 6) is 1.98. The average molecular weight is 336 g/mol. The molecule has 4 atom stereocenters. The number of hydrogen-bond acceptors (Lipinski definition) is 4.